The molecule has 0 bridgehead atoms. The minimum Gasteiger partial charge on any atom is -0.339 e. The molecule has 1 fully saturated rings. The largest absolute Gasteiger partial charge is 0.339 e. The molecule has 0 aliphatic carbocycles. The minimum absolute atomic E-state index is 0.688. The maximum absolute atomic E-state index is 5.25. The van der Waals surface area contributed by atoms with Crippen LogP contribution >= 0.6 is 0 Å². The zero-order valence-corrected chi connectivity index (χ0v) is 11.5. The monoisotopic (exact) mass is 252 g/mol. The summed E-state index contributed by atoms with van der Waals surface area (Å²) in [6.45, 7) is 6.68. The third-order valence-corrected chi connectivity index (χ3v) is 3.62. The summed E-state index contributed by atoms with van der Waals surface area (Å²) in [5, 5.41) is 7.17. The number of nitrogens with one attached hydrogen (secondary N) is 1. The van der Waals surface area contributed by atoms with Crippen LogP contribution < -0.4 is 5.32 Å². The van der Waals surface area contributed by atoms with Crippen molar-refractivity contribution in [3.05, 3.63) is 11.7 Å². The fourth-order valence-electron chi connectivity index (χ4n) is 2.57. The third-order valence-electron chi connectivity index (χ3n) is 3.62. The van der Waals surface area contributed by atoms with Crippen molar-refractivity contribution in [2.75, 3.05) is 33.2 Å². The van der Waals surface area contributed by atoms with Crippen LogP contribution in [-0.2, 0) is 12.8 Å². The summed E-state index contributed by atoms with van der Waals surface area (Å²) in [6.07, 6.45) is 4.36. The lowest BCUT2D eigenvalue weighted by Gasteiger charge is -2.31. The fraction of sp³-hybridized carbons (Fsp3) is 0.846. The van der Waals surface area contributed by atoms with E-state index in [2.05, 4.69) is 27.3 Å². The van der Waals surface area contributed by atoms with Crippen molar-refractivity contribution in [3.8, 4) is 0 Å². The molecule has 1 atom stereocenters. The molecule has 0 amide bonds. The van der Waals surface area contributed by atoms with Gasteiger partial charge in [0.25, 0.3) is 0 Å². The molecule has 0 saturated carbocycles. The zero-order chi connectivity index (χ0) is 12.8. The van der Waals surface area contributed by atoms with Crippen LogP contribution in [0, 0.1) is 5.92 Å². The van der Waals surface area contributed by atoms with Crippen LogP contribution in [0.4, 0.5) is 0 Å². The van der Waals surface area contributed by atoms with Crippen LogP contribution in [0.15, 0.2) is 4.52 Å². The Labute approximate surface area is 109 Å². The molecule has 1 aliphatic heterocycles. The average Bonchev–Trinajstić information content (AvgIpc) is 2.84. The highest BCUT2D eigenvalue weighted by Gasteiger charge is 2.20. The molecule has 5 heteroatoms. The van der Waals surface area contributed by atoms with E-state index in [0.717, 1.165) is 37.6 Å². The molecule has 1 saturated heterocycles. The van der Waals surface area contributed by atoms with E-state index >= 15 is 0 Å². The van der Waals surface area contributed by atoms with Gasteiger partial charge in [-0.1, -0.05) is 12.1 Å². The normalized spacial score (nSPS) is 21.3. The predicted octanol–water partition coefficient (Wildman–Crippen LogP) is 1.11. The van der Waals surface area contributed by atoms with Gasteiger partial charge in [-0.3, -0.25) is 0 Å². The molecule has 0 spiro atoms. The Bertz CT molecular complexity index is 353. The van der Waals surface area contributed by atoms with Gasteiger partial charge in [-0.25, -0.2) is 0 Å². The van der Waals surface area contributed by atoms with Crippen molar-refractivity contribution >= 4 is 0 Å². The van der Waals surface area contributed by atoms with Gasteiger partial charge in [-0.15, -0.1) is 0 Å². The van der Waals surface area contributed by atoms with E-state index in [4.69, 9.17) is 4.52 Å². The summed E-state index contributed by atoms with van der Waals surface area (Å²) in [5.74, 6) is 2.32. The molecule has 1 unspecified atom stereocenters. The van der Waals surface area contributed by atoms with Crippen LogP contribution in [0.2, 0.25) is 0 Å². The number of aromatic nitrogens is 2. The number of likely N-dealkylation sites (N-methyl/N-ethyl adjacent to an activating group) is 1. The van der Waals surface area contributed by atoms with Gasteiger partial charge in [0.2, 0.25) is 5.89 Å². The van der Waals surface area contributed by atoms with E-state index in [-0.39, 0.29) is 0 Å². The molecule has 0 radical (unpaired) electrons. The van der Waals surface area contributed by atoms with Crippen molar-refractivity contribution in [3.63, 3.8) is 0 Å². The number of hydrogen-bond acceptors (Lipinski definition) is 5. The van der Waals surface area contributed by atoms with E-state index in [1.54, 1.807) is 0 Å². The molecule has 5 nitrogen and oxygen atoms in total. The van der Waals surface area contributed by atoms with Crippen molar-refractivity contribution < 1.29 is 4.52 Å². The maximum atomic E-state index is 5.25. The predicted molar refractivity (Wildman–Crippen MR) is 70.5 cm³/mol. The van der Waals surface area contributed by atoms with Crippen LogP contribution in [0.5, 0.6) is 0 Å². The van der Waals surface area contributed by atoms with Gasteiger partial charge in [0.15, 0.2) is 5.82 Å². The van der Waals surface area contributed by atoms with E-state index in [1.807, 2.05) is 7.05 Å². The van der Waals surface area contributed by atoms with Gasteiger partial charge in [0, 0.05) is 25.9 Å². The first kappa shape index (κ1) is 13.5. The summed E-state index contributed by atoms with van der Waals surface area (Å²) in [4.78, 5) is 6.97. The number of piperidine rings is 1. The Kier molecular flexibility index (Phi) is 5.13. The molecule has 1 aliphatic rings. The molecule has 0 aromatic carbocycles. The minimum atomic E-state index is 0.688. The van der Waals surface area contributed by atoms with Crippen molar-refractivity contribution in [2.24, 2.45) is 5.92 Å². The second kappa shape index (κ2) is 6.85. The van der Waals surface area contributed by atoms with Crippen molar-refractivity contribution in [1.82, 2.24) is 20.4 Å². The number of nitrogens with zero attached hydrogens (tertiary/aromatic N) is 3. The zero-order valence-electron chi connectivity index (χ0n) is 11.5. The van der Waals surface area contributed by atoms with Gasteiger partial charge < -0.3 is 14.7 Å². The molecule has 2 rings (SSSR count). The smallest absolute Gasteiger partial charge is 0.227 e. The highest BCUT2D eigenvalue weighted by atomic mass is 16.5. The summed E-state index contributed by atoms with van der Waals surface area (Å²) in [7, 11) is 1.93. The Morgan fingerprint density at radius 1 is 1.50 bits per heavy atom. The first-order valence-electron chi connectivity index (χ1n) is 7.00. The van der Waals surface area contributed by atoms with Crippen LogP contribution in [0.3, 0.4) is 0 Å². The second-order valence-electron chi connectivity index (χ2n) is 5.06. The molecule has 1 aromatic heterocycles. The standard InChI is InChI=1S/C13H24N4O/c1-3-17-8-4-5-11(10-17)9-12-15-13(18-16-12)6-7-14-2/h11,14H,3-10H2,1-2H3. The fourth-order valence-corrected chi connectivity index (χ4v) is 2.57. The van der Waals surface area contributed by atoms with Gasteiger partial charge in [0.1, 0.15) is 0 Å². The molecule has 18 heavy (non-hydrogen) atoms. The summed E-state index contributed by atoms with van der Waals surface area (Å²) in [6, 6.07) is 0. The Balaban J connectivity index is 1.83. The van der Waals surface area contributed by atoms with Crippen LogP contribution in [0.25, 0.3) is 0 Å². The first-order valence-corrected chi connectivity index (χ1v) is 7.00. The van der Waals surface area contributed by atoms with Gasteiger partial charge in [-0.2, -0.15) is 4.98 Å². The Hall–Kier alpha value is -0.940. The molecular weight excluding hydrogens is 228 g/mol. The first-order chi connectivity index (χ1) is 8.81. The topological polar surface area (TPSA) is 54.2 Å². The summed E-state index contributed by atoms with van der Waals surface area (Å²) < 4.78 is 5.25. The highest BCUT2D eigenvalue weighted by molar-refractivity contribution is 4.90. The van der Waals surface area contributed by atoms with E-state index in [0.29, 0.717) is 5.92 Å². The lowest BCUT2D eigenvalue weighted by atomic mass is 9.94. The van der Waals surface area contributed by atoms with Gasteiger partial charge in [-0.05, 0) is 38.9 Å². The lowest BCUT2D eigenvalue weighted by Crippen LogP contribution is -2.36. The summed E-state index contributed by atoms with van der Waals surface area (Å²) in [5.41, 5.74) is 0. The number of hydrogen-bond donors (Lipinski definition) is 1. The van der Waals surface area contributed by atoms with Crippen molar-refractivity contribution in [2.45, 2.75) is 32.6 Å². The van der Waals surface area contributed by atoms with E-state index < -0.39 is 0 Å². The number of rotatable bonds is 6. The molecule has 1 N–H and O–H groups in total. The highest BCUT2D eigenvalue weighted by Crippen LogP contribution is 2.19. The Morgan fingerprint density at radius 2 is 2.39 bits per heavy atom. The molecule has 102 valence electrons. The molecular formula is C13H24N4O. The average molecular weight is 252 g/mol. The van der Waals surface area contributed by atoms with Crippen molar-refractivity contribution in [1.29, 1.82) is 0 Å². The maximum Gasteiger partial charge on any atom is 0.227 e. The van der Waals surface area contributed by atoms with E-state index in [9.17, 15) is 0 Å². The SMILES string of the molecule is CCN1CCCC(Cc2noc(CCNC)n2)C1. The quantitative estimate of drug-likeness (QED) is 0.822. The molecule has 2 heterocycles. The number of likely N-dealkylation sites (tertiary alicyclic amines) is 1. The van der Waals surface area contributed by atoms with Gasteiger partial charge in [0.05, 0.1) is 0 Å². The van der Waals surface area contributed by atoms with Crippen LogP contribution in [-0.4, -0.2) is 48.3 Å². The molecule has 1 aromatic rings. The van der Waals surface area contributed by atoms with Gasteiger partial charge >= 0.3 is 0 Å². The Morgan fingerprint density at radius 3 is 3.17 bits per heavy atom. The van der Waals surface area contributed by atoms with E-state index in [1.165, 1.54) is 25.9 Å². The summed E-state index contributed by atoms with van der Waals surface area (Å²) >= 11 is 0. The van der Waals surface area contributed by atoms with Crippen LogP contribution in [0.1, 0.15) is 31.5 Å². The third kappa shape index (κ3) is 3.78. The second-order valence-corrected chi connectivity index (χ2v) is 5.06. The lowest BCUT2D eigenvalue weighted by molar-refractivity contribution is 0.180.